The molecule has 0 atom stereocenters. The Balaban J connectivity index is 0.000000197. The van der Waals surface area contributed by atoms with Gasteiger partial charge >= 0.3 is 6.03 Å². The molecule has 2 saturated heterocycles. The van der Waals surface area contributed by atoms with Crippen molar-refractivity contribution in [3.05, 3.63) is 96.8 Å². The molecule has 0 radical (unpaired) electrons. The largest absolute Gasteiger partial charge is 0.492 e. The van der Waals surface area contributed by atoms with Gasteiger partial charge in [-0.1, -0.05) is 43.2 Å². The molecule has 3 aromatic carbocycles. The molecule has 12 nitrogen and oxygen atoms in total. The van der Waals surface area contributed by atoms with Crippen LogP contribution in [0.15, 0.2) is 91.3 Å². The summed E-state index contributed by atoms with van der Waals surface area (Å²) in [6.07, 6.45) is 11.4. The molecule has 2 aliphatic rings. The van der Waals surface area contributed by atoms with Crippen molar-refractivity contribution < 1.29 is 14.3 Å². The van der Waals surface area contributed by atoms with Crippen molar-refractivity contribution in [2.24, 2.45) is 14.1 Å². The summed E-state index contributed by atoms with van der Waals surface area (Å²) in [4.78, 5) is 17.3. The number of carbonyl (C=O) groups is 1. The minimum atomic E-state index is -0.247. The van der Waals surface area contributed by atoms with Gasteiger partial charge in [-0.05, 0) is 106 Å². The number of nitrogens with zero attached hydrogens (tertiary/aromatic N) is 6. The fraction of sp³-hybridized carbons (Fsp3) is 0.405. The Morgan fingerprint density at radius 3 is 1.76 bits per heavy atom. The van der Waals surface area contributed by atoms with Gasteiger partial charge < -0.3 is 25.8 Å². The van der Waals surface area contributed by atoms with Crippen LogP contribution in [0.3, 0.4) is 0 Å². The molecule has 2 aromatic heterocycles. The number of nitrogens with one attached hydrogen (secondary N) is 2. The minimum Gasteiger partial charge on any atom is -0.492 e. The third-order valence-electron chi connectivity index (χ3n) is 9.96. The van der Waals surface area contributed by atoms with E-state index < -0.39 is 0 Å². The molecular weight excluding hydrogens is 679 g/mol. The van der Waals surface area contributed by atoms with Gasteiger partial charge in [-0.15, -0.1) is 0 Å². The number of ether oxygens (including phenoxy) is 2. The summed E-state index contributed by atoms with van der Waals surface area (Å²) < 4.78 is 15.9. The lowest BCUT2D eigenvalue weighted by Gasteiger charge is -2.26. The number of anilines is 2. The minimum absolute atomic E-state index is 0.247. The van der Waals surface area contributed by atoms with E-state index >= 15 is 0 Å². The van der Waals surface area contributed by atoms with E-state index in [9.17, 15) is 4.79 Å². The second-order valence-corrected chi connectivity index (χ2v) is 13.9. The number of benzene rings is 3. The number of likely N-dealkylation sites (tertiary alicyclic amines) is 2. The lowest BCUT2D eigenvalue weighted by atomic mass is 10.1. The van der Waals surface area contributed by atoms with E-state index in [1.807, 2.05) is 102 Å². The number of nitrogens with two attached hydrogens (primary N) is 1. The van der Waals surface area contributed by atoms with Crippen LogP contribution in [0, 0.1) is 0 Å². The van der Waals surface area contributed by atoms with Crippen molar-refractivity contribution in [2.45, 2.75) is 45.1 Å². The molecular formula is C42H55N9O3. The standard InChI is InChI=1S/C25H31N5O2.C17H24N4O/c1-29-23(12-13-27-29)22-18-21(28-25(31)26-19-20-8-4-2-5-9-20)10-11-24(22)32-17-16-30-14-6-3-7-15-30;1-20-16(7-8-19-20)15-13-14(18)5-6-17(15)22-12-11-21-9-3-2-4-10-21/h2,4-5,8-13,18H,3,6-7,14-17,19H2,1H3,(H2,26,28,31);5-8,13H,2-4,9-12,18H2,1H3. The summed E-state index contributed by atoms with van der Waals surface area (Å²) in [5.41, 5.74) is 12.3. The van der Waals surface area contributed by atoms with E-state index in [1.165, 1.54) is 51.6 Å². The number of rotatable bonds is 13. The van der Waals surface area contributed by atoms with Crippen LogP contribution in [0.4, 0.5) is 16.2 Å². The van der Waals surface area contributed by atoms with Crippen LogP contribution in [-0.4, -0.2) is 87.9 Å². The van der Waals surface area contributed by atoms with Crippen LogP contribution >= 0.6 is 0 Å². The molecule has 2 amide bonds. The molecule has 12 heteroatoms. The summed E-state index contributed by atoms with van der Waals surface area (Å²) >= 11 is 0. The number of carbonyl (C=O) groups excluding carboxylic acids is 1. The van der Waals surface area contributed by atoms with Gasteiger partial charge in [0.25, 0.3) is 0 Å². The number of nitrogen functional groups attached to an aromatic ring is 1. The lowest BCUT2D eigenvalue weighted by molar-refractivity contribution is 0.183. The molecule has 4 heterocycles. The highest BCUT2D eigenvalue weighted by Crippen LogP contribution is 2.33. The third-order valence-corrected chi connectivity index (χ3v) is 9.96. The van der Waals surface area contributed by atoms with Crippen LogP contribution in [0.1, 0.15) is 44.1 Å². The Kier molecular flexibility index (Phi) is 14.0. The number of hydrogen-bond acceptors (Lipinski definition) is 8. The lowest BCUT2D eigenvalue weighted by Crippen LogP contribution is -2.33. The van der Waals surface area contributed by atoms with Crippen molar-refractivity contribution in [3.63, 3.8) is 0 Å². The summed E-state index contributed by atoms with van der Waals surface area (Å²) in [6.45, 7) is 8.40. The van der Waals surface area contributed by atoms with E-state index in [2.05, 4.69) is 30.6 Å². The molecule has 54 heavy (non-hydrogen) atoms. The van der Waals surface area contributed by atoms with Gasteiger partial charge in [0.15, 0.2) is 0 Å². The second-order valence-electron chi connectivity index (χ2n) is 13.9. The number of aromatic nitrogens is 4. The van der Waals surface area contributed by atoms with Crippen LogP contribution in [0.5, 0.6) is 11.5 Å². The summed E-state index contributed by atoms with van der Waals surface area (Å²) in [5.74, 6) is 1.66. The Morgan fingerprint density at radius 1 is 0.685 bits per heavy atom. The predicted molar refractivity (Wildman–Crippen MR) is 216 cm³/mol. The number of urea groups is 1. The Hall–Kier alpha value is -5.33. The zero-order valence-corrected chi connectivity index (χ0v) is 31.8. The first-order chi connectivity index (χ1) is 26.4. The van der Waals surface area contributed by atoms with E-state index in [-0.39, 0.29) is 6.03 Å². The van der Waals surface area contributed by atoms with Gasteiger partial charge in [0, 0.05) is 68.6 Å². The fourth-order valence-electron chi connectivity index (χ4n) is 6.97. The molecule has 2 fully saturated rings. The summed E-state index contributed by atoms with van der Waals surface area (Å²) in [6, 6.07) is 25.0. The van der Waals surface area contributed by atoms with Gasteiger partial charge in [0.2, 0.25) is 0 Å². The normalized spacial score (nSPS) is 14.9. The number of amides is 2. The highest BCUT2D eigenvalue weighted by molar-refractivity contribution is 5.90. The van der Waals surface area contributed by atoms with Crippen LogP contribution < -0.4 is 25.8 Å². The summed E-state index contributed by atoms with van der Waals surface area (Å²) in [5, 5.41) is 14.3. The maximum absolute atomic E-state index is 12.4. The van der Waals surface area contributed by atoms with E-state index in [0.717, 1.165) is 71.4 Å². The van der Waals surface area contributed by atoms with Crippen LogP contribution in [-0.2, 0) is 20.6 Å². The topological polar surface area (TPSA) is 128 Å². The first kappa shape index (κ1) is 38.4. The highest BCUT2D eigenvalue weighted by atomic mass is 16.5. The first-order valence-corrected chi connectivity index (χ1v) is 19.2. The van der Waals surface area contributed by atoms with Crippen LogP contribution in [0.2, 0.25) is 0 Å². The average Bonchev–Trinajstić information content (AvgIpc) is 3.84. The average molecular weight is 734 g/mol. The Labute approximate surface area is 319 Å². The zero-order chi connectivity index (χ0) is 37.5. The SMILES string of the molecule is Cn1nccc1-c1cc(N)ccc1OCCN1CCCCC1.Cn1nccc1-c1cc(NC(=O)NCc2ccccc2)ccc1OCCN1CCCCC1. The van der Waals surface area contributed by atoms with Gasteiger partial charge in [-0.25, -0.2) is 4.79 Å². The maximum Gasteiger partial charge on any atom is 0.319 e. The summed E-state index contributed by atoms with van der Waals surface area (Å²) in [7, 11) is 3.83. The Bertz CT molecular complexity index is 1900. The van der Waals surface area contributed by atoms with Crippen molar-refractivity contribution in [1.29, 1.82) is 0 Å². The molecule has 286 valence electrons. The van der Waals surface area contributed by atoms with Crippen molar-refractivity contribution in [1.82, 2.24) is 34.7 Å². The second kappa shape index (κ2) is 19.7. The third kappa shape index (κ3) is 11.1. The number of aryl methyl sites for hydroxylation is 2. The van der Waals surface area contributed by atoms with Gasteiger partial charge in [-0.3, -0.25) is 19.2 Å². The van der Waals surface area contributed by atoms with E-state index in [1.54, 1.807) is 12.4 Å². The quantitative estimate of drug-likeness (QED) is 0.113. The molecule has 0 saturated carbocycles. The molecule has 5 aromatic rings. The van der Waals surface area contributed by atoms with Crippen molar-refractivity contribution in [2.75, 3.05) is 63.5 Å². The molecule has 2 aliphatic heterocycles. The van der Waals surface area contributed by atoms with Crippen LogP contribution in [0.25, 0.3) is 22.5 Å². The van der Waals surface area contributed by atoms with E-state index in [4.69, 9.17) is 15.2 Å². The smallest absolute Gasteiger partial charge is 0.319 e. The van der Waals surface area contributed by atoms with E-state index in [0.29, 0.717) is 25.4 Å². The molecule has 7 rings (SSSR count). The monoisotopic (exact) mass is 733 g/mol. The molecule has 0 aliphatic carbocycles. The van der Waals surface area contributed by atoms with Crippen molar-refractivity contribution >= 4 is 17.4 Å². The maximum atomic E-state index is 12.4. The fourth-order valence-corrected chi connectivity index (χ4v) is 6.97. The van der Waals surface area contributed by atoms with Gasteiger partial charge in [0.05, 0.1) is 11.4 Å². The first-order valence-electron chi connectivity index (χ1n) is 19.2. The highest BCUT2D eigenvalue weighted by Gasteiger charge is 2.16. The molecule has 0 spiro atoms. The van der Waals surface area contributed by atoms with Crippen molar-refractivity contribution in [3.8, 4) is 34.0 Å². The van der Waals surface area contributed by atoms with Gasteiger partial charge in [0.1, 0.15) is 24.7 Å². The zero-order valence-electron chi connectivity index (χ0n) is 31.8. The number of piperidine rings is 2. The Morgan fingerprint density at radius 2 is 1.22 bits per heavy atom. The molecule has 0 bridgehead atoms. The molecule has 4 N–H and O–H groups in total. The molecule has 0 unspecified atom stereocenters. The number of hydrogen-bond donors (Lipinski definition) is 3. The predicted octanol–water partition coefficient (Wildman–Crippen LogP) is 6.81. The van der Waals surface area contributed by atoms with Gasteiger partial charge in [-0.2, -0.15) is 10.2 Å².